The average Bonchev–Trinajstić information content (AvgIpc) is 2.49. The molecule has 0 heterocycles. The molecule has 116 valence electrons. The minimum Gasteiger partial charge on any atom is -0.368 e. The molecule has 0 aromatic heterocycles. The minimum absolute atomic E-state index is 0.0577. The zero-order valence-electron chi connectivity index (χ0n) is 12.6. The maximum Gasteiger partial charge on any atom is 0.239 e. The van der Waals surface area contributed by atoms with Crippen LogP contribution in [0.1, 0.15) is 31.7 Å². The molecule has 4 N–H and O–H groups in total. The molecule has 1 aromatic rings. The highest BCUT2D eigenvalue weighted by Gasteiger charge is 2.21. The van der Waals surface area contributed by atoms with Crippen molar-refractivity contribution in [2.24, 2.45) is 11.5 Å². The number of benzene rings is 1. The van der Waals surface area contributed by atoms with Crippen LogP contribution in [0.5, 0.6) is 0 Å². The molecular weight excluding hydrogens is 266 g/mol. The van der Waals surface area contributed by atoms with Crippen molar-refractivity contribution < 1.29 is 9.59 Å². The molecular formula is C16H25N3O2. The van der Waals surface area contributed by atoms with Crippen LogP contribution < -0.4 is 11.5 Å². The molecule has 0 unspecified atom stereocenters. The molecule has 1 atom stereocenters. The van der Waals surface area contributed by atoms with Crippen molar-refractivity contribution in [3.8, 4) is 0 Å². The second-order valence-electron chi connectivity index (χ2n) is 5.21. The summed E-state index contributed by atoms with van der Waals surface area (Å²) in [6.07, 6.45) is 3.09. The largest absolute Gasteiger partial charge is 0.368 e. The van der Waals surface area contributed by atoms with Crippen molar-refractivity contribution in [2.45, 2.75) is 38.6 Å². The highest BCUT2D eigenvalue weighted by Crippen LogP contribution is 2.07. The summed E-state index contributed by atoms with van der Waals surface area (Å²) in [6, 6.07) is 9.30. The SMILES string of the molecule is CCCCN(CC(N)=O)C(=O)[C@@H](N)CCc1ccccc1. The molecule has 1 aromatic carbocycles. The quantitative estimate of drug-likeness (QED) is 0.713. The third-order valence-electron chi connectivity index (χ3n) is 3.34. The van der Waals surface area contributed by atoms with Gasteiger partial charge in [-0.2, -0.15) is 0 Å². The number of nitrogens with zero attached hydrogens (tertiary/aromatic N) is 1. The smallest absolute Gasteiger partial charge is 0.239 e. The van der Waals surface area contributed by atoms with Gasteiger partial charge < -0.3 is 16.4 Å². The molecule has 0 aliphatic rings. The van der Waals surface area contributed by atoms with Crippen LogP contribution in [0.25, 0.3) is 0 Å². The van der Waals surface area contributed by atoms with Gasteiger partial charge in [0.1, 0.15) is 0 Å². The first kappa shape index (κ1) is 17.2. The van der Waals surface area contributed by atoms with Crippen LogP contribution in [-0.4, -0.2) is 35.8 Å². The number of carbonyl (C=O) groups excluding carboxylic acids is 2. The Labute approximate surface area is 126 Å². The molecule has 0 bridgehead atoms. The molecule has 0 saturated carbocycles. The van der Waals surface area contributed by atoms with Gasteiger partial charge in [-0.25, -0.2) is 0 Å². The fourth-order valence-electron chi connectivity index (χ4n) is 2.13. The third-order valence-corrected chi connectivity index (χ3v) is 3.34. The zero-order chi connectivity index (χ0) is 15.7. The maximum atomic E-state index is 12.3. The number of unbranched alkanes of at least 4 members (excludes halogenated alkanes) is 1. The number of nitrogens with two attached hydrogens (primary N) is 2. The Bertz CT molecular complexity index is 448. The lowest BCUT2D eigenvalue weighted by Gasteiger charge is -2.24. The topological polar surface area (TPSA) is 89.4 Å². The Hall–Kier alpha value is -1.88. The van der Waals surface area contributed by atoms with Crippen molar-refractivity contribution >= 4 is 11.8 Å². The molecule has 0 aliphatic heterocycles. The number of primary amides is 1. The summed E-state index contributed by atoms with van der Waals surface area (Å²) >= 11 is 0. The summed E-state index contributed by atoms with van der Waals surface area (Å²) in [5.41, 5.74) is 12.3. The number of rotatable bonds is 9. The minimum atomic E-state index is -0.596. The number of carbonyl (C=O) groups is 2. The summed E-state index contributed by atoms with van der Waals surface area (Å²) in [4.78, 5) is 24.8. The van der Waals surface area contributed by atoms with E-state index in [4.69, 9.17) is 11.5 Å². The van der Waals surface area contributed by atoms with Gasteiger partial charge in [-0.3, -0.25) is 9.59 Å². The molecule has 0 radical (unpaired) electrons. The molecule has 5 heteroatoms. The monoisotopic (exact) mass is 291 g/mol. The van der Waals surface area contributed by atoms with Gasteiger partial charge >= 0.3 is 0 Å². The Balaban J connectivity index is 2.54. The second-order valence-corrected chi connectivity index (χ2v) is 5.21. The molecule has 0 fully saturated rings. The first-order valence-electron chi connectivity index (χ1n) is 7.41. The van der Waals surface area contributed by atoms with Gasteiger partial charge in [0.15, 0.2) is 0 Å². The van der Waals surface area contributed by atoms with E-state index in [0.29, 0.717) is 13.0 Å². The number of hydrogen-bond acceptors (Lipinski definition) is 3. The van der Waals surface area contributed by atoms with Crippen LogP contribution in [-0.2, 0) is 16.0 Å². The van der Waals surface area contributed by atoms with Gasteiger partial charge in [-0.1, -0.05) is 43.7 Å². The van der Waals surface area contributed by atoms with E-state index in [2.05, 4.69) is 0 Å². The first-order valence-corrected chi connectivity index (χ1v) is 7.41. The van der Waals surface area contributed by atoms with E-state index in [9.17, 15) is 9.59 Å². The summed E-state index contributed by atoms with van der Waals surface area (Å²) in [7, 11) is 0. The van der Waals surface area contributed by atoms with Gasteiger partial charge in [0, 0.05) is 6.54 Å². The number of hydrogen-bond donors (Lipinski definition) is 2. The van der Waals surface area contributed by atoms with Gasteiger partial charge in [0.2, 0.25) is 11.8 Å². The van der Waals surface area contributed by atoms with Crippen LogP contribution in [0.3, 0.4) is 0 Å². The van der Waals surface area contributed by atoms with Gasteiger partial charge in [-0.15, -0.1) is 0 Å². The highest BCUT2D eigenvalue weighted by atomic mass is 16.2. The fourth-order valence-corrected chi connectivity index (χ4v) is 2.13. The van der Waals surface area contributed by atoms with E-state index in [-0.39, 0.29) is 12.5 Å². The van der Waals surface area contributed by atoms with Crippen LogP contribution >= 0.6 is 0 Å². The van der Waals surface area contributed by atoms with Crippen molar-refractivity contribution in [3.63, 3.8) is 0 Å². The third kappa shape index (κ3) is 6.40. The van der Waals surface area contributed by atoms with Crippen molar-refractivity contribution in [2.75, 3.05) is 13.1 Å². The van der Waals surface area contributed by atoms with Crippen molar-refractivity contribution in [3.05, 3.63) is 35.9 Å². The Morgan fingerprint density at radius 1 is 1.24 bits per heavy atom. The van der Waals surface area contributed by atoms with E-state index in [0.717, 1.165) is 24.8 Å². The van der Waals surface area contributed by atoms with E-state index in [1.165, 1.54) is 4.90 Å². The van der Waals surface area contributed by atoms with E-state index in [1.54, 1.807) is 0 Å². The zero-order valence-corrected chi connectivity index (χ0v) is 12.6. The second kappa shape index (κ2) is 9.13. The summed E-state index contributed by atoms with van der Waals surface area (Å²) < 4.78 is 0. The van der Waals surface area contributed by atoms with Gasteiger partial charge in [-0.05, 0) is 24.8 Å². The first-order chi connectivity index (χ1) is 10.0. The molecule has 0 spiro atoms. The van der Waals surface area contributed by atoms with E-state index < -0.39 is 11.9 Å². The highest BCUT2D eigenvalue weighted by molar-refractivity contribution is 5.86. The average molecular weight is 291 g/mol. The van der Waals surface area contributed by atoms with Gasteiger partial charge in [0.25, 0.3) is 0 Å². The van der Waals surface area contributed by atoms with E-state index >= 15 is 0 Å². The van der Waals surface area contributed by atoms with Crippen molar-refractivity contribution in [1.82, 2.24) is 4.90 Å². The predicted octanol–water partition coefficient (Wildman–Crippen LogP) is 1.06. The van der Waals surface area contributed by atoms with E-state index in [1.807, 2.05) is 37.3 Å². The Kier molecular flexibility index (Phi) is 7.46. The van der Waals surface area contributed by atoms with Crippen molar-refractivity contribution in [1.29, 1.82) is 0 Å². The predicted molar refractivity (Wildman–Crippen MR) is 83.4 cm³/mol. The Morgan fingerprint density at radius 3 is 2.48 bits per heavy atom. The normalized spacial score (nSPS) is 11.9. The number of aryl methyl sites for hydroxylation is 1. The molecule has 21 heavy (non-hydrogen) atoms. The maximum absolute atomic E-state index is 12.3. The molecule has 2 amide bonds. The van der Waals surface area contributed by atoms with Crippen LogP contribution in [0, 0.1) is 0 Å². The lowest BCUT2D eigenvalue weighted by Crippen LogP contribution is -2.47. The van der Waals surface area contributed by atoms with Gasteiger partial charge in [0.05, 0.1) is 12.6 Å². The van der Waals surface area contributed by atoms with Crippen LogP contribution in [0.15, 0.2) is 30.3 Å². The van der Waals surface area contributed by atoms with Crippen LogP contribution in [0.2, 0.25) is 0 Å². The molecule has 5 nitrogen and oxygen atoms in total. The molecule has 0 aliphatic carbocycles. The standard InChI is InChI=1S/C16H25N3O2/c1-2-3-11-19(12-15(18)20)16(21)14(17)10-9-13-7-5-4-6-8-13/h4-8,14H,2-3,9-12,17H2,1H3,(H2,18,20)/t14-/m0/s1. The molecule has 0 saturated heterocycles. The summed E-state index contributed by atoms with van der Waals surface area (Å²) in [5.74, 6) is -0.701. The Morgan fingerprint density at radius 2 is 1.90 bits per heavy atom. The lowest BCUT2D eigenvalue weighted by atomic mass is 10.0. The molecule has 1 rings (SSSR count). The van der Waals surface area contributed by atoms with Crippen LogP contribution in [0.4, 0.5) is 0 Å². The fraction of sp³-hybridized carbons (Fsp3) is 0.500. The summed E-state index contributed by atoms with van der Waals surface area (Å²) in [6.45, 7) is 2.50. The summed E-state index contributed by atoms with van der Waals surface area (Å²) in [5, 5.41) is 0. The lowest BCUT2D eigenvalue weighted by molar-refractivity contribution is -0.136. The number of amides is 2.